The van der Waals surface area contributed by atoms with E-state index in [-0.39, 0.29) is 6.04 Å². The number of aromatic nitrogens is 1. The summed E-state index contributed by atoms with van der Waals surface area (Å²) in [5, 5.41) is 0. The minimum atomic E-state index is 0.106. The lowest BCUT2D eigenvalue weighted by molar-refractivity contribution is 0.209. The molecule has 0 aliphatic carbocycles. The number of piperazine rings is 1. The van der Waals surface area contributed by atoms with E-state index in [9.17, 15) is 0 Å². The molecule has 1 aromatic heterocycles. The third-order valence-electron chi connectivity index (χ3n) is 4.34. The van der Waals surface area contributed by atoms with E-state index in [0.29, 0.717) is 6.04 Å². The molecule has 2 heterocycles. The minimum Gasteiger partial charge on any atom is -0.354 e. The second-order valence-electron chi connectivity index (χ2n) is 6.03. The van der Waals surface area contributed by atoms with Crippen LogP contribution in [0.25, 0.3) is 0 Å². The molecule has 1 saturated heterocycles. The molecular weight excluding hydrogens is 248 g/mol. The molecule has 2 N–H and O–H groups in total. The first-order valence-corrected chi connectivity index (χ1v) is 7.74. The topological polar surface area (TPSA) is 45.4 Å². The Balaban J connectivity index is 2.06. The van der Waals surface area contributed by atoms with Crippen molar-refractivity contribution in [2.24, 2.45) is 5.73 Å². The summed E-state index contributed by atoms with van der Waals surface area (Å²) in [6, 6.07) is 2.93. The van der Waals surface area contributed by atoms with Crippen molar-refractivity contribution in [3.05, 3.63) is 23.4 Å². The zero-order chi connectivity index (χ0) is 14.7. The third-order valence-corrected chi connectivity index (χ3v) is 4.34. The lowest BCUT2D eigenvalue weighted by atomic mass is 10.0. The molecule has 2 rings (SSSR count). The van der Waals surface area contributed by atoms with E-state index < -0.39 is 0 Å². The van der Waals surface area contributed by atoms with Crippen LogP contribution in [0.15, 0.2) is 12.3 Å². The van der Waals surface area contributed by atoms with Gasteiger partial charge in [-0.1, -0.05) is 6.92 Å². The fourth-order valence-electron chi connectivity index (χ4n) is 2.80. The van der Waals surface area contributed by atoms with Crippen molar-refractivity contribution in [3.63, 3.8) is 0 Å². The zero-order valence-corrected chi connectivity index (χ0v) is 13.3. The van der Waals surface area contributed by atoms with Crippen LogP contribution in [0.1, 0.15) is 44.4 Å². The highest BCUT2D eigenvalue weighted by Crippen LogP contribution is 2.22. The van der Waals surface area contributed by atoms with Gasteiger partial charge in [0.05, 0.1) is 0 Å². The largest absolute Gasteiger partial charge is 0.354 e. The van der Waals surface area contributed by atoms with Crippen molar-refractivity contribution in [1.82, 2.24) is 9.88 Å². The summed E-state index contributed by atoms with van der Waals surface area (Å²) >= 11 is 0. The molecule has 0 saturated carbocycles. The van der Waals surface area contributed by atoms with Crippen molar-refractivity contribution >= 4 is 5.82 Å². The second-order valence-corrected chi connectivity index (χ2v) is 6.03. The highest BCUT2D eigenvalue weighted by Gasteiger charge is 2.20. The van der Waals surface area contributed by atoms with Gasteiger partial charge in [-0.3, -0.25) is 4.90 Å². The van der Waals surface area contributed by atoms with Gasteiger partial charge in [0.25, 0.3) is 0 Å². The molecule has 1 aliphatic rings. The Bertz CT molecular complexity index is 436. The molecule has 112 valence electrons. The number of anilines is 1. The normalized spacial score (nSPS) is 18.6. The molecule has 1 atom stereocenters. The summed E-state index contributed by atoms with van der Waals surface area (Å²) in [7, 11) is 0. The third kappa shape index (κ3) is 3.30. The lowest BCUT2D eigenvalue weighted by Gasteiger charge is -2.37. The summed E-state index contributed by atoms with van der Waals surface area (Å²) in [5.74, 6) is 1.10. The summed E-state index contributed by atoms with van der Waals surface area (Å²) < 4.78 is 0. The van der Waals surface area contributed by atoms with Crippen LogP contribution in [-0.2, 0) is 0 Å². The van der Waals surface area contributed by atoms with Gasteiger partial charge in [0, 0.05) is 44.5 Å². The Morgan fingerprint density at radius 2 is 1.90 bits per heavy atom. The fourth-order valence-corrected chi connectivity index (χ4v) is 2.80. The van der Waals surface area contributed by atoms with Crippen molar-refractivity contribution in [2.45, 2.75) is 46.2 Å². The van der Waals surface area contributed by atoms with Crippen LogP contribution in [0.4, 0.5) is 5.82 Å². The average molecular weight is 276 g/mol. The van der Waals surface area contributed by atoms with E-state index in [1.807, 2.05) is 6.20 Å². The maximum atomic E-state index is 6.11. The zero-order valence-electron chi connectivity index (χ0n) is 13.3. The molecule has 1 unspecified atom stereocenters. The van der Waals surface area contributed by atoms with Gasteiger partial charge < -0.3 is 10.6 Å². The number of rotatable bonds is 4. The van der Waals surface area contributed by atoms with E-state index in [4.69, 9.17) is 5.73 Å². The molecule has 4 heteroatoms. The minimum absolute atomic E-state index is 0.106. The van der Waals surface area contributed by atoms with Crippen LogP contribution in [0, 0.1) is 6.92 Å². The van der Waals surface area contributed by atoms with E-state index in [0.717, 1.165) is 38.4 Å². The standard InChI is InChI=1S/C16H28N4/c1-5-15(17)14-11-18-16(10-13(14)4)20-8-6-19(7-9-20)12(2)3/h10-12,15H,5-9,17H2,1-4H3. The summed E-state index contributed by atoms with van der Waals surface area (Å²) in [4.78, 5) is 9.53. The Morgan fingerprint density at radius 3 is 2.40 bits per heavy atom. The smallest absolute Gasteiger partial charge is 0.128 e. The summed E-state index contributed by atoms with van der Waals surface area (Å²) in [6.07, 6.45) is 2.92. The van der Waals surface area contributed by atoms with Gasteiger partial charge in [-0.25, -0.2) is 4.98 Å². The molecule has 0 amide bonds. The number of hydrogen-bond donors (Lipinski definition) is 1. The van der Waals surface area contributed by atoms with Crippen molar-refractivity contribution in [2.75, 3.05) is 31.1 Å². The second kappa shape index (κ2) is 6.55. The van der Waals surface area contributed by atoms with Crippen LogP contribution in [-0.4, -0.2) is 42.1 Å². The van der Waals surface area contributed by atoms with Crippen LogP contribution in [0.2, 0.25) is 0 Å². The van der Waals surface area contributed by atoms with E-state index in [1.54, 1.807) is 0 Å². The molecule has 1 aromatic rings. The summed E-state index contributed by atoms with van der Waals surface area (Å²) in [6.45, 7) is 13.1. The van der Waals surface area contributed by atoms with Gasteiger partial charge in [0.1, 0.15) is 5.82 Å². The fraction of sp³-hybridized carbons (Fsp3) is 0.688. The molecule has 20 heavy (non-hydrogen) atoms. The number of nitrogens with zero attached hydrogens (tertiary/aromatic N) is 3. The number of nitrogens with two attached hydrogens (primary N) is 1. The first-order valence-electron chi connectivity index (χ1n) is 7.74. The number of aryl methyl sites for hydroxylation is 1. The molecule has 4 nitrogen and oxygen atoms in total. The monoisotopic (exact) mass is 276 g/mol. The molecule has 0 radical (unpaired) electrons. The molecule has 0 spiro atoms. The highest BCUT2D eigenvalue weighted by atomic mass is 15.3. The Labute approximate surface area is 123 Å². The first-order chi connectivity index (χ1) is 9.52. The Hall–Kier alpha value is -1.13. The highest BCUT2D eigenvalue weighted by molar-refractivity contribution is 5.44. The predicted octanol–water partition coefficient (Wildman–Crippen LogP) is 2.33. The molecule has 1 aliphatic heterocycles. The van der Waals surface area contributed by atoms with Gasteiger partial charge in [-0.2, -0.15) is 0 Å². The maximum absolute atomic E-state index is 6.11. The molecule has 0 aromatic carbocycles. The maximum Gasteiger partial charge on any atom is 0.128 e. The van der Waals surface area contributed by atoms with Crippen LogP contribution in [0.5, 0.6) is 0 Å². The quantitative estimate of drug-likeness (QED) is 0.917. The predicted molar refractivity (Wildman–Crippen MR) is 85.1 cm³/mol. The Morgan fingerprint density at radius 1 is 1.25 bits per heavy atom. The van der Waals surface area contributed by atoms with Gasteiger partial charge in [-0.15, -0.1) is 0 Å². The molecule has 1 fully saturated rings. The summed E-state index contributed by atoms with van der Waals surface area (Å²) in [5.41, 5.74) is 8.55. The average Bonchev–Trinajstić information content (AvgIpc) is 2.46. The van der Waals surface area contributed by atoms with E-state index in [1.165, 1.54) is 11.1 Å². The van der Waals surface area contributed by atoms with E-state index >= 15 is 0 Å². The van der Waals surface area contributed by atoms with Crippen LogP contribution >= 0.6 is 0 Å². The van der Waals surface area contributed by atoms with Crippen LogP contribution in [0.3, 0.4) is 0 Å². The van der Waals surface area contributed by atoms with Gasteiger partial charge in [-0.05, 0) is 44.4 Å². The van der Waals surface area contributed by atoms with Gasteiger partial charge in [0.2, 0.25) is 0 Å². The Kier molecular flexibility index (Phi) is 5.00. The van der Waals surface area contributed by atoms with E-state index in [2.05, 4.69) is 48.5 Å². The van der Waals surface area contributed by atoms with Gasteiger partial charge in [0.15, 0.2) is 0 Å². The van der Waals surface area contributed by atoms with Crippen molar-refractivity contribution < 1.29 is 0 Å². The molecule has 0 bridgehead atoms. The lowest BCUT2D eigenvalue weighted by Crippen LogP contribution is -2.49. The number of pyridine rings is 1. The SMILES string of the molecule is CCC(N)c1cnc(N2CCN(C(C)C)CC2)cc1C. The van der Waals surface area contributed by atoms with Crippen LogP contribution < -0.4 is 10.6 Å². The van der Waals surface area contributed by atoms with Gasteiger partial charge >= 0.3 is 0 Å². The molecular formula is C16H28N4. The first kappa shape index (κ1) is 15.3. The number of hydrogen-bond acceptors (Lipinski definition) is 4. The van der Waals surface area contributed by atoms with Crippen molar-refractivity contribution in [3.8, 4) is 0 Å². The van der Waals surface area contributed by atoms with Crippen molar-refractivity contribution in [1.29, 1.82) is 0 Å².